The van der Waals surface area contributed by atoms with Crippen molar-refractivity contribution in [1.82, 2.24) is 25.1 Å². The standard InChI is InChI=1S/C20H20F3N5O/c1-12(27-19(29)7-16-5-4-14(8-24-16)13-2-3-13)17-6-15-9-26-28(11-20(21,22)23)18(15)10-25-17/h4-6,8-10,12-13H,2-3,7,11H2,1H3,(H,27,29)/t12-/m1/s1. The Hall–Kier alpha value is -2.97. The summed E-state index contributed by atoms with van der Waals surface area (Å²) < 4.78 is 38.7. The van der Waals surface area contributed by atoms with Crippen LogP contribution in [0.4, 0.5) is 13.2 Å². The number of nitrogens with one attached hydrogen (secondary N) is 1. The summed E-state index contributed by atoms with van der Waals surface area (Å²) in [5, 5.41) is 7.18. The Morgan fingerprint density at radius 2 is 2.03 bits per heavy atom. The van der Waals surface area contributed by atoms with E-state index in [1.54, 1.807) is 13.0 Å². The number of carbonyl (C=O) groups is 1. The number of amides is 1. The van der Waals surface area contributed by atoms with E-state index in [9.17, 15) is 18.0 Å². The van der Waals surface area contributed by atoms with E-state index in [2.05, 4.69) is 20.4 Å². The van der Waals surface area contributed by atoms with Gasteiger partial charge in [0.05, 0.1) is 36.1 Å². The van der Waals surface area contributed by atoms with Crippen LogP contribution < -0.4 is 5.32 Å². The van der Waals surface area contributed by atoms with Gasteiger partial charge in [-0.05, 0) is 43.4 Å². The van der Waals surface area contributed by atoms with Crippen molar-refractivity contribution < 1.29 is 18.0 Å². The first kappa shape index (κ1) is 19.4. The molecular formula is C20H20F3N5O. The Morgan fingerprint density at radius 3 is 2.69 bits per heavy atom. The van der Waals surface area contributed by atoms with E-state index in [0.717, 1.165) is 4.68 Å². The van der Waals surface area contributed by atoms with Gasteiger partial charge in [0.15, 0.2) is 0 Å². The predicted molar refractivity (Wildman–Crippen MR) is 100 cm³/mol. The lowest BCUT2D eigenvalue weighted by Gasteiger charge is -2.14. The van der Waals surface area contributed by atoms with E-state index in [1.807, 2.05) is 18.3 Å². The van der Waals surface area contributed by atoms with Crippen LogP contribution in [0.15, 0.2) is 36.8 Å². The number of hydrogen-bond acceptors (Lipinski definition) is 4. The molecule has 1 aliphatic rings. The molecule has 0 aliphatic heterocycles. The number of rotatable bonds is 6. The zero-order chi connectivity index (χ0) is 20.6. The molecule has 1 amide bonds. The summed E-state index contributed by atoms with van der Waals surface area (Å²) in [5.41, 5.74) is 2.75. The van der Waals surface area contributed by atoms with Gasteiger partial charge in [-0.3, -0.25) is 19.4 Å². The molecule has 1 N–H and O–H groups in total. The first-order chi connectivity index (χ1) is 13.8. The zero-order valence-electron chi connectivity index (χ0n) is 15.8. The van der Waals surface area contributed by atoms with E-state index in [4.69, 9.17) is 0 Å². The third-order valence-electron chi connectivity index (χ3n) is 4.94. The summed E-state index contributed by atoms with van der Waals surface area (Å²) in [6.45, 7) is 0.603. The highest BCUT2D eigenvalue weighted by Gasteiger charge is 2.29. The number of aromatic nitrogens is 4. The lowest BCUT2D eigenvalue weighted by atomic mass is 10.1. The highest BCUT2D eigenvalue weighted by atomic mass is 19.4. The molecule has 0 unspecified atom stereocenters. The lowest BCUT2D eigenvalue weighted by molar-refractivity contribution is -0.141. The maximum Gasteiger partial charge on any atom is 0.408 e. The molecule has 6 nitrogen and oxygen atoms in total. The summed E-state index contributed by atoms with van der Waals surface area (Å²) in [6.07, 6.45) is 2.75. The van der Waals surface area contributed by atoms with Crippen LogP contribution in [-0.2, 0) is 17.8 Å². The molecule has 1 fully saturated rings. The van der Waals surface area contributed by atoms with Crippen molar-refractivity contribution in [3.05, 3.63) is 53.7 Å². The second kappa shape index (κ2) is 7.46. The van der Waals surface area contributed by atoms with E-state index in [1.165, 1.54) is 30.8 Å². The van der Waals surface area contributed by atoms with Gasteiger partial charge in [0, 0.05) is 17.3 Å². The van der Waals surface area contributed by atoms with Crippen LogP contribution in [-0.4, -0.2) is 31.8 Å². The normalized spacial score (nSPS) is 15.4. The van der Waals surface area contributed by atoms with Crippen molar-refractivity contribution in [2.75, 3.05) is 0 Å². The van der Waals surface area contributed by atoms with E-state index >= 15 is 0 Å². The van der Waals surface area contributed by atoms with Crippen LogP contribution in [0.25, 0.3) is 10.9 Å². The topological polar surface area (TPSA) is 72.7 Å². The number of alkyl halides is 3. The average molecular weight is 403 g/mol. The molecule has 3 aromatic rings. The fourth-order valence-corrected chi connectivity index (χ4v) is 3.26. The fraction of sp³-hybridized carbons (Fsp3) is 0.400. The number of halogens is 3. The number of carbonyl (C=O) groups excluding carboxylic acids is 1. The van der Waals surface area contributed by atoms with Crippen LogP contribution in [0.2, 0.25) is 0 Å². The lowest BCUT2D eigenvalue weighted by Crippen LogP contribution is -2.28. The molecule has 0 aromatic carbocycles. The van der Waals surface area contributed by atoms with Gasteiger partial charge in [-0.25, -0.2) is 0 Å². The molecular weight excluding hydrogens is 383 g/mol. The van der Waals surface area contributed by atoms with Gasteiger partial charge in [-0.2, -0.15) is 18.3 Å². The van der Waals surface area contributed by atoms with E-state index < -0.39 is 18.8 Å². The smallest absolute Gasteiger partial charge is 0.348 e. The van der Waals surface area contributed by atoms with Gasteiger partial charge in [0.25, 0.3) is 0 Å². The van der Waals surface area contributed by atoms with Crippen LogP contribution in [0, 0.1) is 0 Å². The van der Waals surface area contributed by atoms with Crippen LogP contribution in [0.3, 0.4) is 0 Å². The minimum atomic E-state index is -4.36. The number of fused-ring (bicyclic) bond motifs is 1. The van der Waals surface area contributed by atoms with E-state index in [-0.39, 0.29) is 12.3 Å². The van der Waals surface area contributed by atoms with Crippen molar-refractivity contribution in [3.63, 3.8) is 0 Å². The predicted octanol–water partition coefficient (Wildman–Crippen LogP) is 3.69. The number of pyridine rings is 2. The molecule has 1 aliphatic carbocycles. The SMILES string of the molecule is C[C@@H](NC(=O)Cc1ccc(C2CC2)cn1)c1cc2cnn(CC(F)(F)F)c2cn1. The Kier molecular flexibility index (Phi) is 4.97. The summed E-state index contributed by atoms with van der Waals surface area (Å²) >= 11 is 0. The number of nitrogens with zero attached hydrogens (tertiary/aromatic N) is 4. The van der Waals surface area contributed by atoms with Crippen molar-refractivity contribution in [2.24, 2.45) is 0 Å². The van der Waals surface area contributed by atoms with Gasteiger partial charge in [-0.1, -0.05) is 6.07 Å². The zero-order valence-corrected chi connectivity index (χ0v) is 15.8. The molecule has 4 rings (SSSR count). The maximum atomic E-state index is 12.6. The Labute approximate surface area is 165 Å². The molecule has 1 saturated carbocycles. The molecule has 29 heavy (non-hydrogen) atoms. The molecule has 0 bridgehead atoms. The Balaban J connectivity index is 1.40. The van der Waals surface area contributed by atoms with Crippen LogP contribution >= 0.6 is 0 Å². The molecule has 0 spiro atoms. The first-order valence-electron chi connectivity index (χ1n) is 9.41. The van der Waals surface area contributed by atoms with Gasteiger partial charge < -0.3 is 5.32 Å². The highest BCUT2D eigenvalue weighted by molar-refractivity contribution is 5.80. The van der Waals surface area contributed by atoms with Crippen LogP contribution in [0.5, 0.6) is 0 Å². The summed E-state index contributed by atoms with van der Waals surface area (Å²) in [6, 6.07) is 5.13. The van der Waals surface area contributed by atoms with Crippen LogP contribution in [0.1, 0.15) is 48.7 Å². The average Bonchev–Trinajstić information content (AvgIpc) is 3.43. The summed E-state index contributed by atoms with van der Waals surface area (Å²) in [4.78, 5) is 20.9. The number of hydrogen-bond donors (Lipinski definition) is 1. The summed E-state index contributed by atoms with van der Waals surface area (Å²) in [7, 11) is 0. The van der Waals surface area contributed by atoms with Gasteiger partial charge >= 0.3 is 6.18 Å². The minimum Gasteiger partial charge on any atom is -0.348 e. The van der Waals surface area contributed by atoms with Gasteiger partial charge in [0.1, 0.15) is 6.54 Å². The van der Waals surface area contributed by atoms with Crippen molar-refractivity contribution in [1.29, 1.82) is 0 Å². The van der Waals surface area contributed by atoms with Gasteiger partial charge in [-0.15, -0.1) is 0 Å². The maximum absolute atomic E-state index is 12.6. The molecule has 9 heteroatoms. The van der Waals surface area contributed by atoms with Crippen molar-refractivity contribution >= 4 is 16.8 Å². The van der Waals surface area contributed by atoms with E-state index in [0.29, 0.717) is 28.2 Å². The fourth-order valence-electron chi connectivity index (χ4n) is 3.26. The molecule has 0 saturated heterocycles. The Morgan fingerprint density at radius 1 is 1.24 bits per heavy atom. The molecule has 152 valence electrons. The third kappa shape index (κ3) is 4.72. The molecule has 1 atom stereocenters. The monoisotopic (exact) mass is 403 g/mol. The first-order valence-corrected chi connectivity index (χ1v) is 9.41. The second-order valence-corrected chi connectivity index (χ2v) is 7.41. The third-order valence-corrected chi connectivity index (χ3v) is 4.94. The van der Waals surface area contributed by atoms with Crippen molar-refractivity contribution in [2.45, 2.75) is 50.9 Å². The van der Waals surface area contributed by atoms with Crippen molar-refractivity contribution in [3.8, 4) is 0 Å². The molecule has 0 radical (unpaired) electrons. The molecule has 3 aromatic heterocycles. The second-order valence-electron chi connectivity index (χ2n) is 7.41. The highest BCUT2D eigenvalue weighted by Crippen LogP contribution is 2.39. The largest absolute Gasteiger partial charge is 0.408 e. The Bertz CT molecular complexity index is 1020. The van der Waals surface area contributed by atoms with Gasteiger partial charge in [0.2, 0.25) is 5.91 Å². The minimum absolute atomic E-state index is 0.154. The quantitative estimate of drug-likeness (QED) is 0.681. The summed E-state index contributed by atoms with van der Waals surface area (Å²) in [5.74, 6) is 0.422. The molecule has 3 heterocycles.